The van der Waals surface area contributed by atoms with Crippen LogP contribution in [0.2, 0.25) is 0 Å². The molecular formula is C20H31N2O6PS2. The number of amides is 1. The second kappa shape index (κ2) is 8.72. The van der Waals surface area contributed by atoms with E-state index in [0.29, 0.717) is 31.1 Å². The van der Waals surface area contributed by atoms with Gasteiger partial charge < -0.3 is 18.9 Å². The molecule has 0 spiro atoms. The summed E-state index contributed by atoms with van der Waals surface area (Å²) in [6.07, 6.45) is -0.551. The van der Waals surface area contributed by atoms with Gasteiger partial charge in [-0.05, 0) is 45.6 Å². The van der Waals surface area contributed by atoms with Crippen LogP contribution < -0.4 is 9.64 Å². The Morgan fingerprint density at radius 2 is 1.87 bits per heavy atom. The maximum absolute atomic E-state index is 13.5. The lowest BCUT2D eigenvalue weighted by Gasteiger charge is -2.42. The fourth-order valence-corrected chi connectivity index (χ4v) is 9.38. The van der Waals surface area contributed by atoms with Crippen LogP contribution in [0.15, 0.2) is 18.2 Å². The quantitative estimate of drug-likeness (QED) is 0.587. The molecule has 2 heterocycles. The van der Waals surface area contributed by atoms with E-state index in [9.17, 15) is 14.1 Å². The van der Waals surface area contributed by atoms with Crippen LogP contribution >= 0.6 is 6.64 Å². The van der Waals surface area contributed by atoms with Crippen molar-refractivity contribution in [2.24, 2.45) is 5.41 Å². The van der Waals surface area contributed by atoms with Crippen LogP contribution in [0.5, 0.6) is 5.75 Å². The van der Waals surface area contributed by atoms with Crippen LogP contribution in [0.3, 0.4) is 0 Å². The lowest BCUT2D eigenvalue weighted by molar-refractivity contribution is 0.0485. The number of rotatable bonds is 6. The Morgan fingerprint density at radius 3 is 2.42 bits per heavy atom. The zero-order valence-corrected chi connectivity index (χ0v) is 21.3. The zero-order valence-electron chi connectivity index (χ0n) is 18.8. The van der Waals surface area contributed by atoms with Gasteiger partial charge in [-0.1, -0.05) is 26.0 Å². The highest BCUT2D eigenvalue weighted by atomic mass is 32.5. The molecule has 0 saturated carbocycles. The summed E-state index contributed by atoms with van der Waals surface area (Å²) >= 11 is 5.68. The second-order valence-electron chi connectivity index (χ2n) is 9.54. The van der Waals surface area contributed by atoms with Gasteiger partial charge in [0.25, 0.3) is 6.64 Å². The molecule has 0 aromatic heterocycles. The van der Waals surface area contributed by atoms with Crippen molar-refractivity contribution in [3.63, 3.8) is 0 Å². The van der Waals surface area contributed by atoms with Gasteiger partial charge in [0.2, 0.25) is 0 Å². The van der Waals surface area contributed by atoms with Gasteiger partial charge in [-0.25, -0.2) is 9.00 Å². The average Bonchev–Trinajstić information content (AvgIpc) is 2.96. The first-order valence-electron chi connectivity index (χ1n) is 10.1. The standard InChI is InChI=1S/C20H31N2O6PS2/c1-14(2)22(29(30)26-11-19(3,4)12-27-29)31(25)13-21(18(23)24)16-9-7-8-15-10-20(5,6)28-17(15)16/h7-9,14H,10-13H2,1-6H3,(H,23,24). The molecule has 1 aromatic carbocycles. The summed E-state index contributed by atoms with van der Waals surface area (Å²) in [5.41, 5.74) is 0.678. The molecule has 174 valence electrons. The molecule has 1 N–H and O–H groups in total. The Labute approximate surface area is 191 Å². The fraction of sp³-hybridized carbons (Fsp3) is 0.650. The number of benzene rings is 1. The Morgan fingerprint density at radius 1 is 1.26 bits per heavy atom. The molecule has 1 atom stereocenters. The molecule has 11 heteroatoms. The van der Waals surface area contributed by atoms with E-state index in [1.54, 1.807) is 12.1 Å². The van der Waals surface area contributed by atoms with Gasteiger partial charge >= 0.3 is 6.09 Å². The van der Waals surface area contributed by atoms with Gasteiger partial charge in [-0.3, -0.25) is 4.90 Å². The highest BCUT2D eigenvalue weighted by Gasteiger charge is 2.43. The second-order valence-corrected chi connectivity index (χ2v) is 14.4. The van der Waals surface area contributed by atoms with Crippen molar-refractivity contribution in [3.8, 4) is 5.75 Å². The minimum atomic E-state index is -3.01. The van der Waals surface area contributed by atoms with E-state index in [4.69, 9.17) is 25.6 Å². The van der Waals surface area contributed by atoms with Crippen molar-refractivity contribution in [2.75, 3.05) is 24.0 Å². The molecule has 2 aliphatic rings. The number of para-hydroxylation sites is 1. The van der Waals surface area contributed by atoms with Crippen molar-refractivity contribution < 1.29 is 27.9 Å². The lowest BCUT2D eigenvalue weighted by Crippen LogP contribution is -2.43. The number of ether oxygens (including phenoxy) is 1. The van der Waals surface area contributed by atoms with E-state index in [-0.39, 0.29) is 17.3 Å². The molecular weight excluding hydrogens is 459 g/mol. The molecule has 31 heavy (non-hydrogen) atoms. The summed E-state index contributed by atoms with van der Waals surface area (Å²) in [5.74, 6) is 0.209. The highest BCUT2D eigenvalue weighted by molar-refractivity contribution is 8.12. The van der Waals surface area contributed by atoms with E-state index in [2.05, 4.69) is 0 Å². The van der Waals surface area contributed by atoms with Crippen LogP contribution in [0.4, 0.5) is 10.5 Å². The molecule has 0 aliphatic carbocycles. The summed E-state index contributed by atoms with van der Waals surface area (Å²) in [6, 6.07) is 5.11. The highest BCUT2D eigenvalue weighted by Crippen LogP contribution is 2.58. The number of hydrogen-bond donors (Lipinski definition) is 1. The minimum Gasteiger partial charge on any atom is -0.485 e. The van der Waals surface area contributed by atoms with E-state index >= 15 is 0 Å². The molecule has 1 unspecified atom stereocenters. The predicted octanol–water partition coefficient (Wildman–Crippen LogP) is 4.51. The van der Waals surface area contributed by atoms with E-state index in [1.807, 2.05) is 47.6 Å². The van der Waals surface area contributed by atoms with Crippen molar-refractivity contribution in [1.82, 2.24) is 4.08 Å². The van der Waals surface area contributed by atoms with Gasteiger partial charge in [0.15, 0.2) is 0 Å². The van der Waals surface area contributed by atoms with Crippen LogP contribution in [0, 0.1) is 5.41 Å². The molecule has 2 aliphatic heterocycles. The van der Waals surface area contributed by atoms with Crippen molar-refractivity contribution in [1.29, 1.82) is 0 Å². The van der Waals surface area contributed by atoms with Crippen molar-refractivity contribution in [3.05, 3.63) is 23.8 Å². The third-order valence-electron chi connectivity index (χ3n) is 4.96. The number of hydrogen-bond acceptors (Lipinski definition) is 6. The molecule has 3 rings (SSSR count). The summed E-state index contributed by atoms with van der Waals surface area (Å²) in [4.78, 5) is 13.2. The van der Waals surface area contributed by atoms with Crippen molar-refractivity contribution in [2.45, 2.75) is 59.6 Å². The first-order chi connectivity index (χ1) is 14.2. The van der Waals surface area contributed by atoms with E-state index < -0.39 is 29.3 Å². The minimum absolute atomic E-state index is 0.186. The van der Waals surface area contributed by atoms with Crippen LogP contribution in [0.25, 0.3) is 0 Å². The van der Waals surface area contributed by atoms with E-state index in [0.717, 1.165) is 10.5 Å². The number of fused-ring (bicyclic) bond motifs is 1. The van der Waals surface area contributed by atoms with Gasteiger partial charge in [-0.15, -0.1) is 4.08 Å². The smallest absolute Gasteiger partial charge is 0.412 e. The topological polar surface area (TPSA) is 88.5 Å². The van der Waals surface area contributed by atoms with Crippen LogP contribution in [-0.2, 0) is 38.3 Å². The average molecular weight is 491 g/mol. The number of carboxylic acid groups (broad SMARTS) is 1. The number of carbonyl (C=O) groups is 1. The van der Waals surface area contributed by atoms with Gasteiger partial charge in [0, 0.05) is 23.4 Å². The van der Waals surface area contributed by atoms with Gasteiger partial charge in [-0.2, -0.15) is 0 Å². The van der Waals surface area contributed by atoms with Gasteiger partial charge in [0.05, 0.1) is 18.9 Å². The Balaban J connectivity index is 1.88. The molecule has 8 nitrogen and oxygen atoms in total. The van der Waals surface area contributed by atoms with Gasteiger partial charge in [0.1, 0.15) is 28.2 Å². The molecule has 1 saturated heterocycles. The monoisotopic (exact) mass is 490 g/mol. The number of nitrogens with zero attached hydrogens (tertiary/aromatic N) is 2. The largest absolute Gasteiger partial charge is 0.485 e. The predicted molar refractivity (Wildman–Crippen MR) is 125 cm³/mol. The van der Waals surface area contributed by atoms with Crippen LogP contribution in [-0.4, -0.2) is 50.2 Å². The summed E-state index contributed by atoms with van der Waals surface area (Å²) < 4.78 is 32.8. The molecule has 0 radical (unpaired) electrons. The first kappa shape index (κ1) is 24.6. The Kier molecular flexibility index (Phi) is 6.93. The summed E-state index contributed by atoms with van der Waals surface area (Å²) in [5, 5.41) is 9.94. The Bertz CT molecular complexity index is 922. The molecule has 1 fully saturated rings. The molecule has 1 amide bonds. The summed E-state index contributed by atoms with van der Waals surface area (Å²) in [6.45, 7) is 9.36. The maximum Gasteiger partial charge on any atom is 0.412 e. The Hall–Kier alpha value is -1.03. The van der Waals surface area contributed by atoms with E-state index in [1.165, 1.54) is 4.08 Å². The molecule has 0 bridgehead atoms. The first-order valence-corrected chi connectivity index (χ1v) is 14.0. The lowest BCUT2D eigenvalue weighted by atomic mass is 9.97. The van der Waals surface area contributed by atoms with Crippen LogP contribution in [0.1, 0.15) is 47.1 Å². The normalized spacial score (nSPS) is 22.1. The summed E-state index contributed by atoms with van der Waals surface area (Å²) in [7, 11) is -1.80. The third kappa shape index (κ3) is 5.31. The third-order valence-corrected chi connectivity index (χ3v) is 10.8. The van der Waals surface area contributed by atoms with Crippen molar-refractivity contribution >= 4 is 41.2 Å². The zero-order chi connectivity index (χ0) is 23.2. The fourth-order valence-electron chi connectivity index (χ4n) is 3.54. The maximum atomic E-state index is 13.5. The number of anilines is 1. The SMILES string of the molecule is CC(C)N(S(=O)CN(C(=O)O)c1cccc2c1OC(C)(C)C2)P1(=S)OCC(C)(C)CO1. The molecule has 1 aromatic rings.